The maximum Gasteiger partial charge on any atom is 0.139 e. The molecule has 2 aromatic carbocycles. The lowest BCUT2D eigenvalue weighted by molar-refractivity contribution is 1.31. The summed E-state index contributed by atoms with van der Waals surface area (Å²) < 4.78 is 1.06. The SMILES string of the molecule is Cc1ccc(Br)c(-c2nc3cc(C)c(C)cc3[nH]2)c1. The van der Waals surface area contributed by atoms with E-state index in [1.54, 1.807) is 0 Å². The summed E-state index contributed by atoms with van der Waals surface area (Å²) >= 11 is 3.59. The topological polar surface area (TPSA) is 28.7 Å². The van der Waals surface area contributed by atoms with Gasteiger partial charge in [-0.3, -0.25) is 0 Å². The van der Waals surface area contributed by atoms with E-state index in [9.17, 15) is 0 Å². The van der Waals surface area contributed by atoms with Crippen LogP contribution < -0.4 is 0 Å². The van der Waals surface area contributed by atoms with Gasteiger partial charge >= 0.3 is 0 Å². The van der Waals surface area contributed by atoms with Crippen molar-refractivity contribution in [3.8, 4) is 11.4 Å². The number of nitrogens with one attached hydrogen (secondary N) is 1. The highest BCUT2D eigenvalue weighted by Crippen LogP contribution is 2.29. The van der Waals surface area contributed by atoms with E-state index in [2.05, 4.69) is 72.0 Å². The number of rotatable bonds is 1. The van der Waals surface area contributed by atoms with Crippen molar-refractivity contribution in [2.75, 3.05) is 0 Å². The van der Waals surface area contributed by atoms with E-state index in [4.69, 9.17) is 4.98 Å². The molecule has 19 heavy (non-hydrogen) atoms. The maximum absolute atomic E-state index is 4.70. The third-order valence-corrected chi connectivity index (χ3v) is 4.17. The molecule has 0 amide bonds. The first-order chi connectivity index (χ1) is 9.04. The van der Waals surface area contributed by atoms with Crippen LogP contribution in [0, 0.1) is 20.8 Å². The molecule has 0 aliphatic carbocycles. The summed E-state index contributed by atoms with van der Waals surface area (Å²) in [6, 6.07) is 10.6. The van der Waals surface area contributed by atoms with Crippen LogP contribution in [-0.4, -0.2) is 9.97 Å². The van der Waals surface area contributed by atoms with Crippen LogP contribution in [0.25, 0.3) is 22.4 Å². The lowest BCUT2D eigenvalue weighted by Gasteiger charge is -2.01. The number of aryl methyl sites for hydroxylation is 3. The Kier molecular flexibility index (Phi) is 2.94. The average molecular weight is 315 g/mol. The van der Waals surface area contributed by atoms with Gasteiger partial charge in [-0.2, -0.15) is 0 Å². The van der Waals surface area contributed by atoms with Crippen LogP contribution in [0.3, 0.4) is 0 Å². The van der Waals surface area contributed by atoms with E-state index in [1.807, 2.05) is 0 Å². The second-order valence-corrected chi connectivity index (χ2v) is 5.88. The molecule has 1 heterocycles. The van der Waals surface area contributed by atoms with Gasteiger partial charge in [0.1, 0.15) is 5.82 Å². The molecule has 0 aliphatic rings. The third-order valence-electron chi connectivity index (χ3n) is 3.47. The van der Waals surface area contributed by atoms with Gasteiger partial charge in [0.2, 0.25) is 0 Å². The number of benzene rings is 2. The largest absolute Gasteiger partial charge is 0.338 e. The average Bonchev–Trinajstić information content (AvgIpc) is 2.75. The second-order valence-electron chi connectivity index (χ2n) is 5.02. The Morgan fingerprint density at radius 1 is 1.00 bits per heavy atom. The number of aromatic amines is 1. The van der Waals surface area contributed by atoms with Crippen molar-refractivity contribution in [2.45, 2.75) is 20.8 Å². The van der Waals surface area contributed by atoms with Crippen LogP contribution in [0.1, 0.15) is 16.7 Å². The first-order valence-electron chi connectivity index (χ1n) is 6.28. The Morgan fingerprint density at radius 3 is 2.53 bits per heavy atom. The van der Waals surface area contributed by atoms with Crippen LogP contribution in [0.2, 0.25) is 0 Å². The van der Waals surface area contributed by atoms with E-state index in [1.165, 1.54) is 16.7 Å². The molecule has 1 aromatic heterocycles. The monoisotopic (exact) mass is 314 g/mol. The zero-order valence-electron chi connectivity index (χ0n) is 11.2. The molecule has 3 heteroatoms. The summed E-state index contributed by atoms with van der Waals surface area (Å²) in [5.74, 6) is 0.913. The van der Waals surface area contributed by atoms with Gasteiger partial charge in [-0.05, 0) is 56.2 Å². The molecule has 3 aromatic rings. The molecular formula is C16H15BrN2. The molecule has 1 N–H and O–H groups in total. The Morgan fingerprint density at radius 2 is 1.74 bits per heavy atom. The lowest BCUT2D eigenvalue weighted by Crippen LogP contribution is -1.83. The maximum atomic E-state index is 4.70. The molecule has 0 unspecified atom stereocenters. The first-order valence-corrected chi connectivity index (χ1v) is 7.07. The smallest absolute Gasteiger partial charge is 0.139 e. The van der Waals surface area contributed by atoms with E-state index < -0.39 is 0 Å². The minimum Gasteiger partial charge on any atom is -0.338 e. The number of hydrogen-bond donors (Lipinski definition) is 1. The Hall–Kier alpha value is -1.61. The van der Waals surface area contributed by atoms with Gasteiger partial charge in [0.05, 0.1) is 11.0 Å². The highest BCUT2D eigenvalue weighted by atomic mass is 79.9. The molecule has 0 spiro atoms. The molecule has 0 saturated heterocycles. The number of halogens is 1. The van der Waals surface area contributed by atoms with Gasteiger partial charge in [-0.15, -0.1) is 0 Å². The normalized spacial score (nSPS) is 11.2. The van der Waals surface area contributed by atoms with Gasteiger partial charge < -0.3 is 4.98 Å². The fraction of sp³-hybridized carbons (Fsp3) is 0.188. The molecule has 2 nitrogen and oxygen atoms in total. The van der Waals surface area contributed by atoms with Crippen molar-refractivity contribution in [2.24, 2.45) is 0 Å². The predicted octanol–water partition coefficient (Wildman–Crippen LogP) is 4.92. The Bertz CT molecular complexity index is 733. The van der Waals surface area contributed by atoms with Crippen LogP contribution >= 0.6 is 15.9 Å². The summed E-state index contributed by atoms with van der Waals surface area (Å²) in [5, 5.41) is 0. The number of imidazole rings is 1. The van der Waals surface area contributed by atoms with Gasteiger partial charge in [0.15, 0.2) is 0 Å². The number of aromatic nitrogens is 2. The van der Waals surface area contributed by atoms with Gasteiger partial charge in [-0.25, -0.2) is 4.98 Å². The van der Waals surface area contributed by atoms with Crippen LogP contribution in [0.4, 0.5) is 0 Å². The highest BCUT2D eigenvalue weighted by molar-refractivity contribution is 9.10. The second kappa shape index (κ2) is 4.49. The number of fused-ring (bicyclic) bond motifs is 1. The Labute approximate surface area is 121 Å². The zero-order chi connectivity index (χ0) is 13.6. The van der Waals surface area contributed by atoms with E-state index in [-0.39, 0.29) is 0 Å². The van der Waals surface area contributed by atoms with Crippen molar-refractivity contribution in [1.82, 2.24) is 9.97 Å². The highest BCUT2D eigenvalue weighted by Gasteiger charge is 2.09. The van der Waals surface area contributed by atoms with E-state index in [0.717, 1.165) is 26.9 Å². The molecule has 0 aliphatic heterocycles. The molecule has 0 atom stereocenters. The fourth-order valence-electron chi connectivity index (χ4n) is 2.22. The summed E-state index contributed by atoms with van der Waals surface area (Å²) in [6.07, 6.45) is 0. The van der Waals surface area contributed by atoms with Crippen molar-refractivity contribution in [1.29, 1.82) is 0 Å². The molecule has 0 radical (unpaired) electrons. The zero-order valence-corrected chi connectivity index (χ0v) is 12.8. The van der Waals surface area contributed by atoms with Crippen molar-refractivity contribution in [3.63, 3.8) is 0 Å². The predicted molar refractivity (Wildman–Crippen MR) is 83.4 cm³/mol. The molecular weight excluding hydrogens is 300 g/mol. The summed E-state index contributed by atoms with van der Waals surface area (Å²) in [4.78, 5) is 8.11. The van der Waals surface area contributed by atoms with Gasteiger partial charge in [0, 0.05) is 10.0 Å². The Balaban J connectivity index is 2.23. The minimum absolute atomic E-state index is 0.913. The molecule has 3 rings (SSSR count). The van der Waals surface area contributed by atoms with Crippen LogP contribution in [0.5, 0.6) is 0 Å². The number of H-pyrrole nitrogens is 1. The number of hydrogen-bond acceptors (Lipinski definition) is 1. The lowest BCUT2D eigenvalue weighted by atomic mass is 10.1. The van der Waals surface area contributed by atoms with Crippen molar-refractivity contribution in [3.05, 3.63) is 51.5 Å². The molecule has 0 bridgehead atoms. The summed E-state index contributed by atoms with van der Waals surface area (Å²) in [6.45, 7) is 6.33. The van der Waals surface area contributed by atoms with Crippen LogP contribution in [-0.2, 0) is 0 Å². The number of nitrogens with zero attached hydrogens (tertiary/aromatic N) is 1. The van der Waals surface area contributed by atoms with Crippen molar-refractivity contribution < 1.29 is 0 Å². The molecule has 96 valence electrons. The standard InChI is InChI=1S/C16H15BrN2/c1-9-4-5-13(17)12(6-9)16-18-14-7-10(2)11(3)8-15(14)19-16/h4-8H,1-3H3,(H,18,19). The third kappa shape index (κ3) is 2.19. The molecule has 0 fully saturated rings. The molecule has 0 saturated carbocycles. The van der Waals surface area contributed by atoms with E-state index >= 15 is 0 Å². The summed E-state index contributed by atoms with van der Waals surface area (Å²) in [7, 11) is 0. The van der Waals surface area contributed by atoms with Crippen molar-refractivity contribution >= 4 is 27.0 Å². The fourth-order valence-corrected chi connectivity index (χ4v) is 2.65. The first kappa shape index (κ1) is 12.4. The summed E-state index contributed by atoms with van der Waals surface area (Å²) in [5.41, 5.74) is 7.00. The van der Waals surface area contributed by atoms with Gasteiger partial charge in [0.25, 0.3) is 0 Å². The van der Waals surface area contributed by atoms with Crippen LogP contribution in [0.15, 0.2) is 34.8 Å². The minimum atomic E-state index is 0.913. The quantitative estimate of drug-likeness (QED) is 0.678. The van der Waals surface area contributed by atoms with Gasteiger partial charge in [-0.1, -0.05) is 27.6 Å². The van der Waals surface area contributed by atoms with E-state index in [0.29, 0.717) is 0 Å².